The lowest BCUT2D eigenvalue weighted by Crippen LogP contribution is -2.39. The molecule has 2 atom stereocenters. The van der Waals surface area contributed by atoms with Gasteiger partial charge in [-0.3, -0.25) is 14.6 Å². The summed E-state index contributed by atoms with van der Waals surface area (Å²) in [7, 11) is 0. The lowest BCUT2D eigenvalue weighted by atomic mass is 10.0. The van der Waals surface area contributed by atoms with Crippen LogP contribution in [0.3, 0.4) is 0 Å². The number of aliphatic hydroxyl groups excluding tert-OH is 1. The van der Waals surface area contributed by atoms with Gasteiger partial charge in [0.15, 0.2) is 0 Å². The van der Waals surface area contributed by atoms with Crippen molar-refractivity contribution in [3.63, 3.8) is 0 Å². The number of phenolic OH excluding ortho intramolecular Hbond substituents is 1. The standard InChI is InChI=1S/C18H17N3O4/c1-10(16(23)11-2-4-13(22)5-3-11)20-14-15(18(25)17(14)24)21-12-6-8-19-9-7-12/h2-10,16,20,22-23H,1H3,(H,19,21)/t10-,16+/m0/s1. The second kappa shape index (κ2) is 6.74. The average molecular weight is 339 g/mol. The Morgan fingerprint density at radius 1 is 0.960 bits per heavy atom. The predicted molar refractivity (Wildman–Crippen MR) is 95.0 cm³/mol. The van der Waals surface area contributed by atoms with Gasteiger partial charge in [0.25, 0.3) is 10.9 Å². The van der Waals surface area contributed by atoms with E-state index in [1.54, 1.807) is 43.6 Å². The molecular formula is C18H17N3O4. The molecule has 0 fully saturated rings. The first-order valence-electron chi connectivity index (χ1n) is 7.71. The van der Waals surface area contributed by atoms with Crippen molar-refractivity contribution < 1.29 is 10.2 Å². The number of hydrogen-bond donors (Lipinski definition) is 4. The first-order valence-corrected chi connectivity index (χ1v) is 7.71. The van der Waals surface area contributed by atoms with Gasteiger partial charge in [-0.1, -0.05) is 12.1 Å². The number of aromatic nitrogens is 1. The van der Waals surface area contributed by atoms with Crippen molar-refractivity contribution >= 4 is 17.1 Å². The molecule has 128 valence electrons. The van der Waals surface area contributed by atoms with E-state index in [1.807, 2.05) is 0 Å². The predicted octanol–water partition coefficient (Wildman–Crippen LogP) is 1.66. The summed E-state index contributed by atoms with van der Waals surface area (Å²) < 4.78 is 0. The van der Waals surface area contributed by atoms with Crippen molar-refractivity contribution in [2.45, 2.75) is 19.1 Å². The van der Waals surface area contributed by atoms with Crippen LogP contribution in [0.1, 0.15) is 18.6 Å². The van der Waals surface area contributed by atoms with Crippen LogP contribution in [0.25, 0.3) is 0 Å². The van der Waals surface area contributed by atoms with Gasteiger partial charge in [0.05, 0.1) is 12.1 Å². The number of benzene rings is 1. The Hall–Kier alpha value is -3.19. The van der Waals surface area contributed by atoms with E-state index in [2.05, 4.69) is 15.6 Å². The van der Waals surface area contributed by atoms with Crippen molar-refractivity contribution in [1.82, 2.24) is 4.98 Å². The summed E-state index contributed by atoms with van der Waals surface area (Å²) in [4.78, 5) is 27.6. The first kappa shape index (κ1) is 16.7. The Labute approximate surface area is 143 Å². The van der Waals surface area contributed by atoms with Gasteiger partial charge in [-0.15, -0.1) is 0 Å². The van der Waals surface area contributed by atoms with Crippen LogP contribution in [0.4, 0.5) is 17.1 Å². The third-order valence-electron chi connectivity index (χ3n) is 3.94. The molecule has 1 heterocycles. The number of nitrogens with one attached hydrogen (secondary N) is 2. The zero-order chi connectivity index (χ0) is 18.0. The van der Waals surface area contributed by atoms with Crippen LogP contribution in [0.15, 0.2) is 58.4 Å². The Morgan fingerprint density at radius 2 is 1.56 bits per heavy atom. The highest BCUT2D eigenvalue weighted by atomic mass is 16.3. The highest BCUT2D eigenvalue weighted by Crippen LogP contribution is 2.25. The number of hydrogen-bond acceptors (Lipinski definition) is 7. The molecule has 4 N–H and O–H groups in total. The molecule has 0 aliphatic carbocycles. The van der Waals surface area contributed by atoms with E-state index in [0.717, 1.165) is 0 Å². The summed E-state index contributed by atoms with van der Waals surface area (Å²) in [6.45, 7) is 1.70. The van der Waals surface area contributed by atoms with E-state index in [0.29, 0.717) is 11.3 Å². The quantitative estimate of drug-likeness (QED) is 0.505. The highest BCUT2D eigenvalue weighted by molar-refractivity contribution is 5.78. The molecule has 0 aliphatic rings. The molecule has 0 radical (unpaired) electrons. The fraction of sp³-hybridized carbons (Fsp3) is 0.167. The van der Waals surface area contributed by atoms with Crippen LogP contribution in [0, 0.1) is 0 Å². The molecule has 3 rings (SSSR count). The van der Waals surface area contributed by atoms with Crippen molar-refractivity contribution in [3.8, 4) is 5.75 Å². The first-order chi connectivity index (χ1) is 12.0. The molecule has 7 heteroatoms. The summed E-state index contributed by atoms with van der Waals surface area (Å²) in [5.74, 6) is 0.0999. The Balaban J connectivity index is 1.76. The largest absolute Gasteiger partial charge is 0.508 e. The molecule has 0 amide bonds. The van der Waals surface area contributed by atoms with Crippen molar-refractivity contribution in [2.75, 3.05) is 10.6 Å². The maximum atomic E-state index is 11.9. The lowest BCUT2D eigenvalue weighted by Gasteiger charge is -2.24. The Kier molecular flexibility index (Phi) is 4.49. The van der Waals surface area contributed by atoms with Crippen LogP contribution < -0.4 is 21.5 Å². The number of rotatable bonds is 6. The van der Waals surface area contributed by atoms with E-state index < -0.39 is 23.0 Å². The maximum Gasteiger partial charge on any atom is 0.253 e. The number of nitrogens with zero attached hydrogens (tertiary/aromatic N) is 1. The summed E-state index contributed by atoms with van der Waals surface area (Å²) in [5, 5.41) is 25.5. The third kappa shape index (κ3) is 3.36. The minimum atomic E-state index is -0.918. The van der Waals surface area contributed by atoms with Crippen LogP contribution in [-0.4, -0.2) is 21.2 Å². The molecule has 3 aromatic rings. The average Bonchev–Trinajstić information content (AvgIpc) is 2.65. The second-order valence-electron chi connectivity index (χ2n) is 5.74. The van der Waals surface area contributed by atoms with Gasteiger partial charge in [-0.25, -0.2) is 0 Å². The van der Waals surface area contributed by atoms with Crippen LogP contribution in [-0.2, 0) is 0 Å². The topological polar surface area (TPSA) is 112 Å². The minimum absolute atomic E-state index is 0.0999. The lowest BCUT2D eigenvalue weighted by molar-refractivity contribution is 0.160. The SMILES string of the molecule is C[C@H](Nc1c(Nc2ccncc2)c(=O)c1=O)[C@@H](O)c1ccc(O)cc1. The van der Waals surface area contributed by atoms with Gasteiger partial charge in [-0.05, 0) is 36.8 Å². The number of phenols is 1. The third-order valence-corrected chi connectivity index (χ3v) is 3.94. The summed E-state index contributed by atoms with van der Waals surface area (Å²) in [5.41, 5.74) is 0.303. The van der Waals surface area contributed by atoms with Crippen LogP contribution in [0.2, 0.25) is 0 Å². The zero-order valence-corrected chi connectivity index (χ0v) is 13.4. The highest BCUT2D eigenvalue weighted by Gasteiger charge is 2.25. The van der Waals surface area contributed by atoms with E-state index in [-0.39, 0.29) is 17.1 Å². The van der Waals surface area contributed by atoms with Gasteiger partial charge in [0, 0.05) is 18.1 Å². The fourth-order valence-corrected chi connectivity index (χ4v) is 2.49. The molecule has 0 unspecified atom stereocenters. The van der Waals surface area contributed by atoms with Crippen molar-refractivity contribution in [2.24, 2.45) is 0 Å². The van der Waals surface area contributed by atoms with Crippen molar-refractivity contribution in [3.05, 3.63) is 74.8 Å². The molecular weight excluding hydrogens is 322 g/mol. The molecule has 1 aromatic heterocycles. The summed E-state index contributed by atoms with van der Waals surface area (Å²) >= 11 is 0. The van der Waals surface area contributed by atoms with Gasteiger partial charge in [0.2, 0.25) is 0 Å². The number of aromatic hydroxyl groups is 1. The molecule has 0 aliphatic heterocycles. The molecule has 7 nitrogen and oxygen atoms in total. The molecule has 2 aromatic carbocycles. The number of pyridine rings is 1. The summed E-state index contributed by atoms with van der Waals surface area (Å²) in [6.07, 6.45) is 2.22. The molecule has 25 heavy (non-hydrogen) atoms. The van der Waals surface area contributed by atoms with E-state index in [1.165, 1.54) is 12.1 Å². The van der Waals surface area contributed by atoms with Gasteiger partial charge >= 0.3 is 0 Å². The van der Waals surface area contributed by atoms with Crippen molar-refractivity contribution in [1.29, 1.82) is 0 Å². The van der Waals surface area contributed by atoms with Crippen LogP contribution >= 0.6 is 0 Å². The van der Waals surface area contributed by atoms with E-state index >= 15 is 0 Å². The molecule has 0 bridgehead atoms. The number of anilines is 3. The molecule has 0 spiro atoms. The Bertz CT molecular complexity index is 931. The van der Waals surface area contributed by atoms with Gasteiger partial charge < -0.3 is 20.8 Å². The Morgan fingerprint density at radius 3 is 2.20 bits per heavy atom. The van der Waals surface area contributed by atoms with E-state index in [9.17, 15) is 19.8 Å². The minimum Gasteiger partial charge on any atom is -0.508 e. The second-order valence-corrected chi connectivity index (χ2v) is 5.74. The van der Waals surface area contributed by atoms with Crippen LogP contribution in [0.5, 0.6) is 5.75 Å². The van der Waals surface area contributed by atoms with Gasteiger partial charge in [-0.2, -0.15) is 0 Å². The fourth-order valence-electron chi connectivity index (χ4n) is 2.49. The smallest absolute Gasteiger partial charge is 0.253 e. The van der Waals surface area contributed by atoms with E-state index in [4.69, 9.17) is 0 Å². The summed E-state index contributed by atoms with van der Waals surface area (Å²) in [6, 6.07) is 8.96. The molecule has 0 saturated carbocycles. The van der Waals surface area contributed by atoms with Gasteiger partial charge in [0.1, 0.15) is 17.1 Å². The zero-order valence-electron chi connectivity index (χ0n) is 13.4. The number of aliphatic hydroxyl groups is 1. The maximum absolute atomic E-state index is 11.9. The molecule has 0 saturated heterocycles. The monoisotopic (exact) mass is 339 g/mol. The normalized spacial score (nSPS) is 13.4.